The van der Waals surface area contributed by atoms with E-state index in [1.54, 1.807) is 0 Å². The number of amides is 1. The summed E-state index contributed by atoms with van der Waals surface area (Å²) < 4.78 is 5.66. The van der Waals surface area contributed by atoms with E-state index in [0.29, 0.717) is 6.42 Å². The summed E-state index contributed by atoms with van der Waals surface area (Å²) in [5.41, 5.74) is -1.89. The molecule has 5 nitrogen and oxygen atoms in total. The highest BCUT2D eigenvalue weighted by atomic mass is 16.6. The Morgan fingerprint density at radius 1 is 1.10 bits per heavy atom. The molecular weight excluding hydrogens is 256 g/mol. The summed E-state index contributed by atoms with van der Waals surface area (Å²) in [4.78, 5) is 29.3. The van der Waals surface area contributed by atoms with Gasteiger partial charge >= 0.3 is 5.97 Å². The third kappa shape index (κ3) is 1.42. The predicted molar refractivity (Wildman–Crippen MR) is 74.0 cm³/mol. The van der Waals surface area contributed by atoms with Crippen LogP contribution in [0.15, 0.2) is 0 Å². The first-order valence-corrected chi connectivity index (χ1v) is 7.46. The molecule has 2 saturated heterocycles. The Hall–Kier alpha value is -1.10. The molecule has 0 aromatic carbocycles. The van der Waals surface area contributed by atoms with E-state index >= 15 is 0 Å². The zero-order chi connectivity index (χ0) is 14.8. The number of piperazine rings is 1. The van der Waals surface area contributed by atoms with Gasteiger partial charge in [-0.15, -0.1) is 0 Å². The highest BCUT2D eigenvalue weighted by Crippen LogP contribution is 2.65. The molecule has 2 atom stereocenters. The highest BCUT2D eigenvalue weighted by molar-refractivity contribution is 5.96. The van der Waals surface area contributed by atoms with Gasteiger partial charge < -0.3 is 14.5 Å². The van der Waals surface area contributed by atoms with E-state index in [-0.39, 0.29) is 11.9 Å². The van der Waals surface area contributed by atoms with E-state index < -0.39 is 16.4 Å². The van der Waals surface area contributed by atoms with Gasteiger partial charge in [0.1, 0.15) is 0 Å². The molecule has 0 aromatic heterocycles. The Morgan fingerprint density at radius 2 is 1.70 bits per heavy atom. The smallest absolute Gasteiger partial charge is 0.313 e. The molecule has 2 heterocycles. The quantitative estimate of drug-likeness (QED) is 0.669. The number of hydrogen-bond acceptors (Lipinski definition) is 4. The number of nitrogens with zero attached hydrogens (tertiary/aromatic N) is 2. The Labute approximate surface area is 120 Å². The second kappa shape index (κ2) is 3.97. The van der Waals surface area contributed by atoms with Crippen molar-refractivity contribution in [2.45, 2.75) is 39.2 Å². The highest BCUT2D eigenvalue weighted by Gasteiger charge is 2.76. The molecule has 0 radical (unpaired) electrons. The lowest BCUT2D eigenvalue weighted by Crippen LogP contribution is -2.58. The average Bonchev–Trinajstić information content (AvgIpc) is 2.69. The molecule has 0 N–H and O–H groups in total. The van der Waals surface area contributed by atoms with Crippen molar-refractivity contribution >= 4 is 11.9 Å². The van der Waals surface area contributed by atoms with Gasteiger partial charge in [-0.05, 0) is 26.8 Å². The fraction of sp³-hybridized carbons (Fsp3) is 0.867. The third-order valence-corrected chi connectivity index (χ3v) is 6.22. The summed E-state index contributed by atoms with van der Waals surface area (Å²) in [6.45, 7) is 9.18. The monoisotopic (exact) mass is 280 g/mol. The van der Waals surface area contributed by atoms with Crippen molar-refractivity contribution in [2.75, 3.05) is 33.2 Å². The van der Waals surface area contributed by atoms with Crippen LogP contribution in [0.5, 0.6) is 0 Å². The number of fused-ring (bicyclic) bond motifs is 2. The molecule has 20 heavy (non-hydrogen) atoms. The largest absolute Gasteiger partial charge is 0.448 e. The number of carbonyl (C=O) groups is 2. The summed E-state index contributed by atoms with van der Waals surface area (Å²) in [6, 6.07) is 0. The summed E-state index contributed by atoms with van der Waals surface area (Å²) >= 11 is 0. The van der Waals surface area contributed by atoms with Gasteiger partial charge in [0.15, 0.2) is 5.60 Å². The third-order valence-electron chi connectivity index (χ3n) is 6.22. The van der Waals surface area contributed by atoms with Crippen LogP contribution < -0.4 is 0 Å². The van der Waals surface area contributed by atoms with Crippen LogP contribution in [-0.4, -0.2) is 60.5 Å². The molecule has 2 aliphatic heterocycles. The molecule has 0 spiro atoms. The summed E-state index contributed by atoms with van der Waals surface area (Å²) in [5, 5.41) is 0. The van der Waals surface area contributed by atoms with E-state index in [1.807, 2.05) is 25.7 Å². The normalized spacial score (nSPS) is 40.0. The van der Waals surface area contributed by atoms with Gasteiger partial charge in [-0.2, -0.15) is 0 Å². The Balaban J connectivity index is 1.90. The second-order valence-corrected chi connectivity index (χ2v) is 7.27. The van der Waals surface area contributed by atoms with Crippen molar-refractivity contribution in [1.82, 2.24) is 9.80 Å². The molecule has 2 bridgehead atoms. The van der Waals surface area contributed by atoms with E-state index in [1.165, 1.54) is 0 Å². The number of rotatable bonds is 1. The van der Waals surface area contributed by atoms with E-state index in [9.17, 15) is 9.59 Å². The number of carbonyl (C=O) groups excluding carboxylic acids is 2. The van der Waals surface area contributed by atoms with Gasteiger partial charge in [0, 0.05) is 31.6 Å². The van der Waals surface area contributed by atoms with Crippen LogP contribution in [0.2, 0.25) is 0 Å². The van der Waals surface area contributed by atoms with Crippen LogP contribution in [0.25, 0.3) is 0 Å². The van der Waals surface area contributed by atoms with Crippen LogP contribution in [0.3, 0.4) is 0 Å². The van der Waals surface area contributed by atoms with Gasteiger partial charge in [0.05, 0.1) is 5.41 Å². The molecule has 0 unspecified atom stereocenters. The van der Waals surface area contributed by atoms with Crippen molar-refractivity contribution in [2.24, 2.45) is 10.8 Å². The zero-order valence-electron chi connectivity index (χ0n) is 12.9. The second-order valence-electron chi connectivity index (χ2n) is 7.27. The molecule has 3 fully saturated rings. The molecule has 1 amide bonds. The number of hydrogen-bond donors (Lipinski definition) is 0. The van der Waals surface area contributed by atoms with Crippen LogP contribution >= 0.6 is 0 Å². The first-order valence-electron chi connectivity index (χ1n) is 7.46. The molecule has 3 aliphatic rings. The van der Waals surface area contributed by atoms with Crippen LogP contribution in [0.1, 0.15) is 33.6 Å². The molecule has 1 saturated carbocycles. The molecule has 0 aromatic rings. The standard InChI is InChI=1S/C15H24N2O3/c1-13(2)14(3)5-6-15(13,20-12(14)19)11(18)17-9-7-16(4)8-10-17/h5-10H2,1-4H3/t14-,15+/m0/s1. The Morgan fingerprint density at radius 3 is 2.15 bits per heavy atom. The van der Waals surface area contributed by atoms with Crippen molar-refractivity contribution in [3.63, 3.8) is 0 Å². The average molecular weight is 280 g/mol. The van der Waals surface area contributed by atoms with Crippen molar-refractivity contribution < 1.29 is 14.3 Å². The van der Waals surface area contributed by atoms with Crippen molar-refractivity contribution in [3.8, 4) is 0 Å². The van der Waals surface area contributed by atoms with Crippen molar-refractivity contribution in [1.29, 1.82) is 0 Å². The fourth-order valence-electron chi connectivity index (χ4n) is 3.99. The van der Waals surface area contributed by atoms with Crippen LogP contribution in [0, 0.1) is 10.8 Å². The van der Waals surface area contributed by atoms with Gasteiger partial charge in [0.2, 0.25) is 0 Å². The molecular formula is C15H24N2O3. The minimum atomic E-state index is -0.936. The molecule has 112 valence electrons. The topological polar surface area (TPSA) is 49.9 Å². The van der Waals surface area contributed by atoms with Gasteiger partial charge in [-0.3, -0.25) is 9.59 Å². The predicted octanol–water partition coefficient (Wildman–Crippen LogP) is 0.882. The number of likely N-dealkylation sites (N-methyl/N-ethyl adjacent to an activating group) is 1. The number of esters is 1. The number of ether oxygens (including phenoxy) is 1. The maximum Gasteiger partial charge on any atom is 0.313 e. The van der Waals surface area contributed by atoms with E-state index in [0.717, 1.165) is 32.6 Å². The van der Waals surface area contributed by atoms with Gasteiger partial charge in [0.25, 0.3) is 5.91 Å². The van der Waals surface area contributed by atoms with Gasteiger partial charge in [-0.25, -0.2) is 0 Å². The summed E-state index contributed by atoms with van der Waals surface area (Å²) in [5.74, 6) is -0.179. The Bertz CT molecular complexity index is 468. The SMILES string of the molecule is CN1CCN(C(=O)[C@@]23CC[C@@](C)(C(=O)O2)C3(C)C)CC1. The summed E-state index contributed by atoms with van der Waals surface area (Å²) in [6.07, 6.45) is 1.41. The zero-order valence-corrected chi connectivity index (χ0v) is 12.9. The van der Waals surface area contributed by atoms with Crippen LogP contribution in [-0.2, 0) is 14.3 Å². The first-order chi connectivity index (χ1) is 9.24. The molecule has 3 rings (SSSR count). The maximum absolute atomic E-state index is 13.0. The maximum atomic E-state index is 13.0. The van der Waals surface area contributed by atoms with E-state index in [2.05, 4.69) is 11.9 Å². The summed E-state index contributed by atoms with van der Waals surface area (Å²) in [7, 11) is 2.06. The van der Waals surface area contributed by atoms with Gasteiger partial charge in [-0.1, -0.05) is 13.8 Å². The van der Waals surface area contributed by atoms with Crippen molar-refractivity contribution in [3.05, 3.63) is 0 Å². The first kappa shape index (κ1) is 13.9. The lowest BCUT2D eigenvalue weighted by atomic mass is 9.66. The van der Waals surface area contributed by atoms with E-state index in [4.69, 9.17) is 4.74 Å². The molecule has 1 aliphatic carbocycles. The minimum absolute atomic E-state index is 0.0187. The molecule has 5 heteroatoms. The lowest BCUT2D eigenvalue weighted by molar-refractivity contribution is -0.174. The minimum Gasteiger partial charge on any atom is -0.448 e. The lowest BCUT2D eigenvalue weighted by Gasteiger charge is -2.41. The Kier molecular flexibility index (Phi) is 2.75. The fourth-order valence-corrected chi connectivity index (χ4v) is 3.99. The van der Waals surface area contributed by atoms with Crippen LogP contribution in [0.4, 0.5) is 0 Å².